The summed E-state index contributed by atoms with van der Waals surface area (Å²) >= 11 is 0. The monoisotopic (exact) mass is 467 g/mol. The average Bonchev–Trinajstić information content (AvgIpc) is 3.29. The van der Waals surface area contributed by atoms with Gasteiger partial charge in [-0.1, -0.05) is 30.0 Å². The molecule has 3 heterocycles. The molecule has 8 heteroatoms. The summed E-state index contributed by atoms with van der Waals surface area (Å²) in [5, 5.41) is 7.93. The maximum Gasteiger partial charge on any atom is 0.247 e. The van der Waals surface area contributed by atoms with Crippen LogP contribution in [0.15, 0.2) is 66.7 Å². The fourth-order valence-electron chi connectivity index (χ4n) is 4.04. The number of anilines is 3. The van der Waals surface area contributed by atoms with Crippen molar-refractivity contribution >= 4 is 23.0 Å². The average molecular weight is 468 g/mol. The Labute approximate surface area is 205 Å². The van der Waals surface area contributed by atoms with Gasteiger partial charge in [0, 0.05) is 50.0 Å². The molecule has 1 aliphatic rings. The van der Waals surface area contributed by atoms with Crippen molar-refractivity contribution in [2.24, 2.45) is 5.73 Å². The molecule has 0 saturated carbocycles. The molecule has 4 aromatic rings. The minimum Gasteiger partial charge on any atom is -0.439 e. The molecule has 5 rings (SSSR count). The summed E-state index contributed by atoms with van der Waals surface area (Å²) in [4.78, 5) is 9.38. The number of nitrogens with one attached hydrogen (secondary N) is 1. The number of benzene rings is 2. The van der Waals surface area contributed by atoms with Crippen LogP contribution in [0, 0.1) is 11.8 Å². The van der Waals surface area contributed by atoms with Crippen LogP contribution < -0.4 is 20.7 Å². The van der Waals surface area contributed by atoms with Crippen molar-refractivity contribution in [3.05, 3.63) is 72.3 Å². The first kappa shape index (κ1) is 22.7. The first-order valence-corrected chi connectivity index (χ1v) is 11.8. The summed E-state index contributed by atoms with van der Waals surface area (Å²) < 4.78 is 7.84. The molecular weight excluding hydrogens is 438 g/mol. The molecule has 0 amide bonds. The molecule has 178 valence electrons. The normalized spacial score (nSPS) is 13.9. The molecule has 1 saturated heterocycles. The summed E-state index contributed by atoms with van der Waals surface area (Å²) in [5.74, 6) is 7.75. The van der Waals surface area contributed by atoms with Gasteiger partial charge in [0.05, 0.1) is 6.54 Å². The van der Waals surface area contributed by atoms with E-state index >= 15 is 0 Å². The van der Waals surface area contributed by atoms with E-state index in [1.807, 2.05) is 42.5 Å². The highest BCUT2D eigenvalue weighted by atomic mass is 16.5. The van der Waals surface area contributed by atoms with Crippen molar-refractivity contribution in [2.75, 3.05) is 50.0 Å². The van der Waals surface area contributed by atoms with Gasteiger partial charge in [0.1, 0.15) is 5.75 Å². The third-order valence-corrected chi connectivity index (χ3v) is 5.96. The van der Waals surface area contributed by atoms with E-state index in [1.54, 1.807) is 4.52 Å². The number of hydrogen-bond acceptors (Lipinski definition) is 7. The van der Waals surface area contributed by atoms with Crippen LogP contribution in [0.25, 0.3) is 5.65 Å². The SMILES string of the molecule is CN1CCN(c2ccc(Nc3nc4cccc(Oc5cccc(CC#CCN)c5)n4n3)cc2)CC1. The molecule has 0 unspecified atom stereocenters. The van der Waals surface area contributed by atoms with Gasteiger partial charge in [-0.15, -0.1) is 5.10 Å². The molecule has 0 radical (unpaired) electrons. The van der Waals surface area contributed by atoms with Crippen LogP contribution in [0.3, 0.4) is 0 Å². The highest BCUT2D eigenvalue weighted by molar-refractivity contribution is 5.61. The van der Waals surface area contributed by atoms with Gasteiger partial charge in [-0.3, -0.25) is 0 Å². The quantitative estimate of drug-likeness (QED) is 0.420. The molecule has 35 heavy (non-hydrogen) atoms. The Bertz CT molecular complexity index is 1350. The number of rotatable bonds is 6. The Balaban J connectivity index is 1.30. The maximum absolute atomic E-state index is 6.14. The minimum absolute atomic E-state index is 0.362. The number of hydrogen-bond donors (Lipinski definition) is 2. The van der Waals surface area contributed by atoms with Crippen LogP contribution >= 0.6 is 0 Å². The van der Waals surface area contributed by atoms with Gasteiger partial charge in [-0.25, -0.2) is 0 Å². The highest BCUT2D eigenvalue weighted by Crippen LogP contribution is 2.25. The van der Waals surface area contributed by atoms with Crippen LogP contribution in [0.2, 0.25) is 0 Å². The van der Waals surface area contributed by atoms with Crippen molar-refractivity contribution in [1.82, 2.24) is 19.5 Å². The molecule has 1 aliphatic heterocycles. The fraction of sp³-hybridized carbons (Fsp3) is 0.259. The summed E-state index contributed by atoms with van der Waals surface area (Å²) in [6.07, 6.45) is 0.629. The predicted molar refractivity (Wildman–Crippen MR) is 139 cm³/mol. The zero-order valence-electron chi connectivity index (χ0n) is 19.8. The van der Waals surface area contributed by atoms with E-state index < -0.39 is 0 Å². The standard InChI is InChI=1S/C27H29N7O/c1-32-16-18-33(19-17-32)23-13-11-22(12-14-23)29-27-30-25-9-5-10-26(34(25)31-27)35-24-8-4-7-21(20-24)6-2-3-15-28/h4-5,7-14,20H,6,15-19,28H2,1H3,(H,29,31). The second-order valence-electron chi connectivity index (χ2n) is 8.52. The van der Waals surface area contributed by atoms with Gasteiger partial charge in [0.2, 0.25) is 11.8 Å². The second-order valence-corrected chi connectivity index (χ2v) is 8.52. The molecule has 3 N–H and O–H groups in total. The number of ether oxygens (including phenoxy) is 1. The van der Waals surface area contributed by atoms with Crippen molar-refractivity contribution in [2.45, 2.75) is 6.42 Å². The van der Waals surface area contributed by atoms with Crippen molar-refractivity contribution in [1.29, 1.82) is 0 Å². The van der Waals surface area contributed by atoms with E-state index in [0.717, 1.165) is 37.4 Å². The van der Waals surface area contributed by atoms with Crippen molar-refractivity contribution in [3.63, 3.8) is 0 Å². The van der Waals surface area contributed by atoms with Gasteiger partial charge in [0.25, 0.3) is 0 Å². The topological polar surface area (TPSA) is 83.9 Å². The number of aromatic nitrogens is 3. The number of piperazine rings is 1. The van der Waals surface area contributed by atoms with E-state index in [0.29, 0.717) is 36.2 Å². The smallest absolute Gasteiger partial charge is 0.247 e. The predicted octanol–water partition coefficient (Wildman–Crippen LogP) is 3.52. The first-order valence-electron chi connectivity index (χ1n) is 11.8. The number of pyridine rings is 1. The van der Waals surface area contributed by atoms with Crippen LogP contribution in [0.1, 0.15) is 5.56 Å². The van der Waals surface area contributed by atoms with Gasteiger partial charge >= 0.3 is 0 Å². The van der Waals surface area contributed by atoms with Gasteiger partial charge in [-0.2, -0.15) is 9.50 Å². The van der Waals surface area contributed by atoms with E-state index in [4.69, 9.17) is 10.5 Å². The van der Waals surface area contributed by atoms with Crippen LogP contribution in [-0.2, 0) is 6.42 Å². The minimum atomic E-state index is 0.362. The van der Waals surface area contributed by atoms with E-state index in [-0.39, 0.29) is 0 Å². The Morgan fingerprint density at radius 2 is 1.77 bits per heavy atom. The first-order chi connectivity index (χ1) is 17.2. The molecule has 8 nitrogen and oxygen atoms in total. The number of fused-ring (bicyclic) bond motifs is 1. The number of nitrogens with zero attached hydrogens (tertiary/aromatic N) is 5. The largest absolute Gasteiger partial charge is 0.439 e. The summed E-state index contributed by atoms with van der Waals surface area (Å²) in [6.45, 7) is 4.62. The van der Waals surface area contributed by atoms with Crippen LogP contribution in [0.5, 0.6) is 11.6 Å². The highest BCUT2D eigenvalue weighted by Gasteiger charge is 2.14. The Hall–Kier alpha value is -4.06. The van der Waals surface area contributed by atoms with Crippen molar-refractivity contribution in [3.8, 4) is 23.5 Å². The Morgan fingerprint density at radius 1 is 0.971 bits per heavy atom. The Morgan fingerprint density at radius 3 is 2.57 bits per heavy atom. The lowest BCUT2D eigenvalue weighted by Gasteiger charge is -2.34. The second kappa shape index (κ2) is 10.5. The van der Waals surface area contributed by atoms with E-state index in [9.17, 15) is 0 Å². The van der Waals surface area contributed by atoms with Crippen LogP contribution in [-0.4, -0.2) is 59.3 Å². The van der Waals surface area contributed by atoms with Gasteiger partial charge in [-0.05, 0) is 55.1 Å². The molecule has 0 aliphatic carbocycles. The third-order valence-electron chi connectivity index (χ3n) is 5.96. The van der Waals surface area contributed by atoms with Gasteiger partial charge in [0.15, 0.2) is 5.65 Å². The lowest BCUT2D eigenvalue weighted by molar-refractivity contribution is 0.313. The summed E-state index contributed by atoms with van der Waals surface area (Å²) in [5.41, 5.74) is 9.38. The van der Waals surface area contributed by atoms with E-state index in [1.165, 1.54) is 5.69 Å². The lowest BCUT2D eigenvalue weighted by Crippen LogP contribution is -2.44. The molecule has 2 aromatic carbocycles. The number of nitrogens with two attached hydrogens (primary N) is 1. The third kappa shape index (κ3) is 5.54. The summed E-state index contributed by atoms with van der Waals surface area (Å²) in [7, 11) is 2.17. The Kier molecular flexibility index (Phi) is 6.80. The molecule has 0 bridgehead atoms. The molecule has 0 atom stereocenters. The summed E-state index contributed by atoms with van der Waals surface area (Å²) in [6, 6.07) is 22.0. The van der Waals surface area contributed by atoms with E-state index in [2.05, 4.69) is 68.4 Å². The van der Waals surface area contributed by atoms with Crippen molar-refractivity contribution < 1.29 is 4.74 Å². The molecule has 1 fully saturated rings. The van der Waals surface area contributed by atoms with Gasteiger partial charge < -0.3 is 25.6 Å². The maximum atomic E-state index is 6.14. The zero-order valence-corrected chi connectivity index (χ0v) is 19.8. The zero-order chi connectivity index (χ0) is 24.0. The van der Waals surface area contributed by atoms with Crippen LogP contribution in [0.4, 0.5) is 17.3 Å². The molecular formula is C27H29N7O. The fourth-order valence-corrected chi connectivity index (χ4v) is 4.04. The molecule has 0 spiro atoms. The molecule has 2 aromatic heterocycles. The lowest BCUT2D eigenvalue weighted by atomic mass is 10.1. The number of likely N-dealkylation sites (N-methyl/N-ethyl adjacent to an activating group) is 1.